The number of carbonyl (C=O) groups excluding carboxylic acids is 2. The molecule has 0 aliphatic carbocycles. The maximum Gasteiger partial charge on any atom is 0.415 e. The fraction of sp³-hybridized carbons (Fsp3) is 0.424. The van der Waals surface area contributed by atoms with Gasteiger partial charge < -0.3 is 19.8 Å². The van der Waals surface area contributed by atoms with E-state index in [1.165, 1.54) is 25.3 Å². The van der Waals surface area contributed by atoms with Gasteiger partial charge in [-0.1, -0.05) is 65.0 Å². The zero-order chi connectivity index (χ0) is 33.7. The van der Waals surface area contributed by atoms with Gasteiger partial charge in [-0.15, -0.1) is 0 Å². The standard InChI is InChI=1S/C33H42F3N3O5Si/c1-21(2)28(29(33(34,35)36)44-45(7,8)32(3,4)5)38-27(40)20-39-26(22-12-10-9-11-13-22)19-18-25(31(39)42)37-30(41)23-14-16-24(43-6)17-15-23/h9-19,21,28-29H,20H2,1-8H3,(H,37,41)(H,38,40). The number of nitrogens with one attached hydrogen (secondary N) is 2. The highest BCUT2D eigenvalue weighted by Crippen LogP contribution is 2.41. The van der Waals surface area contributed by atoms with E-state index in [2.05, 4.69) is 10.6 Å². The fourth-order valence-corrected chi connectivity index (χ4v) is 5.70. The minimum absolute atomic E-state index is 0.0989. The quantitative estimate of drug-likeness (QED) is 0.222. The summed E-state index contributed by atoms with van der Waals surface area (Å²) in [7, 11) is -1.41. The van der Waals surface area contributed by atoms with Gasteiger partial charge in [0.15, 0.2) is 14.4 Å². The van der Waals surface area contributed by atoms with Crippen molar-refractivity contribution >= 4 is 25.8 Å². The van der Waals surface area contributed by atoms with Crippen LogP contribution in [-0.2, 0) is 15.8 Å². The van der Waals surface area contributed by atoms with Gasteiger partial charge in [0, 0.05) is 5.56 Å². The number of ether oxygens (including phenoxy) is 1. The van der Waals surface area contributed by atoms with Gasteiger partial charge in [-0.05, 0) is 66.0 Å². The molecule has 0 saturated heterocycles. The molecular weight excluding hydrogens is 603 g/mol. The maximum atomic E-state index is 14.5. The number of hydrogen-bond acceptors (Lipinski definition) is 5. The van der Waals surface area contributed by atoms with E-state index in [0.717, 1.165) is 4.57 Å². The van der Waals surface area contributed by atoms with E-state index in [1.807, 2.05) is 20.8 Å². The molecule has 2 aromatic carbocycles. The SMILES string of the molecule is COc1ccc(C(=O)Nc2ccc(-c3ccccc3)n(CC(=O)NC(C(C)C)C(O[Si](C)(C)C(C)(C)C)C(F)(F)F)c2=O)cc1. The normalized spacial score (nSPS) is 13.7. The molecule has 2 amide bonds. The first-order valence-electron chi connectivity index (χ1n) is 14.6. The molecule has 3 aromatic rings. The van der Waals surface area contributed by atoms with Gasteiger partial charge in [0.1, 0.15) is 18.0 Å². The van der Waals surface area contributed by atoms with Gasteiger partial charge in [-0.3, -0.25) is 19.0 Å². The topological polar surface area (TPSA) is 98.7 Å². The smallest absolute Gasteiger partial charge is 0.415 e. The number of carbonyl (C=O) groups is 2. The van der Waals surface area contributed by atoms with Crippen LogP contribution < -0.4 is 20.9 Å². The summed E-state index contributed by atoms with van der Waals surface area (Å²) in [6.07, 6.45) is -7.00. The molecule has 0 radical (unpaired) electrons. The minimum Gasteiger partial charge on any atom is -0.497 e. The Morgan fingerprint density at radius 1 is 0.933 bits per heavy atom. The van der Waals surface area contributed by atoms with Gasteiger partial charge in [0.2, 0.25) is 5.91 Å². The minimum atomic E-state index is -4.75. The fourth-order valence-electron chi connectivity index (χ4n) is 4.43. The molecule has 0 aliphatic heterocycles. The number of pyridine rings is 1. The molecule has 244 valence electrons. The van der Waals surface area contributed by atoms with Gasteiger partial charge in [-0.2, -0.15) is 13.2 Å². The van der Waals surface area contributed by atoms with E-state index in [1.54, 1.807) is 75.5 Å². The van der Waals surface area contributed by atoms with E-state index in [-0.39, 0.29) is 11.3 Å². The predicted octanol–water partition coefficient (Wildman–Crippen LogP) is 6.87. The van der Waals surface area contributed by atoms with E-state index >= 15 is 0 Å². The van der Waals surface area contributed by atoms with Crippen LogP contribution in [0.15, 0.2) is 71.5 Å². The number of hydrogen-bond donors (Lipinski definition) is 2. The van der Waals surface area contributed by atoms with Crippen LogP contribution in [0.5, 0.6) is 5.75 Å². The third-order valence-corrected chi connectivity index (χ3v) is 12.5. The van der Waals surface area contributed by atoms with Crippen LogP contribution in [0.2, 0.25) is 18.1 Å². The maximum absolute atomic E-state index is 14.5. The first-order valence-corrected chi connectivity index (χ1v) is 17.5. The van der Waals surface area contributed by atoms with E-state index in [0.29, 0.717) is 17.0 Å². The molecule has 0 saturated carbocycles. The molecule has 0 bridgehead atoms. The average molecular weight is 646 g/mol. The third-order valence-electron chi connectivity index (χ3n) is 8.07. The number of benzene rings is 2. The van der Waals surface area contributed by atoms with Crippen molar-refractivity contribution in [2.24, 2.45) is 5.92 Å². The van der Waals surface area contributed by atoms with Crippen molar-refractivity contribution in [3.05, 3.63) is 82.6 Å². The first kappa shape index (κ1) is 35.6. The molecule has 2 unspecified atom stereocenters. The monoisotopic (exact) mass is 645 g/mol. The van der Waals surface area contributed by atoms with Crippen molar-refractivity contribution in [1.82, 2.24) is 9.88 Å². The Labute approximate surface area is 263 Å². The zero-order valence-corrected chi connectivity index (χ0v) is 27.9. The van der Waals surface area contributed by atoms with Crippen molar-refractivity contribution in [2.75, 3.05) is 12.4 Å². The molecule has 8 nitrogen and oxygen atoms in total. The van der Waals surface area contributed by atoms with Crippen LogP contribution in [0.1, 0.15) is 45.0 Å². The Morgan fingerprint density at radius 3 is 2.04 bits per heavy atom. The van der Waals surface area contributed by atoms with Crippen LogP contribution in [0.4, 0.5) is 18.9 Å². The number of rotatable bonds is 11. The largest absolute Gasteiger partial charge is 0.497 e. The van der Waals surface area contributed by atoms with Crippen LogP contribution in [0.25, 0.3) is 11.3 Å². The lowest BCUT2D eigenvalue weighted by atomic mass is 9.98. The number of amides is 2. The zero-order valence-electron chi connectivity index (χ0n) is 26.9. The first-order chi connectivity index (χ1) is 20.9. The second kappa shape index (κ2) is 14.0. The lowest BCUT2D eigenvalue weighted by Crippen LogP contribution is -2.59. The van der Waals surface area contributed by atoms with Crippen LogP contribution >= 0.6 is 0 Å². The highest BCUT2D eigenvalue weighted by molar-refractivity contribution is 6.74. The number of anilines is 1. The Morgan fingerprint density at radius 2 is 1.53 bits per heavy atom. The molecule has 12 heteroatoms. The molecule has 3 rings (SSSR count). The summed E-state index contributed by atoms with van der Waals surface area (Å²) in [5.74, 6) is -1.46. The molecule has 1 heterocycles. The van der Waals surface area contributed by atoms with Crippen molar-refractivity contribution in [1.29, 1.82) is 0 Å². The van der Waals surface area contributed by atoms with E-state index < -0.39 is 61.5 Å². The van der Waals surface area contributed by atoms with Gasteiger partial charge in [0.05, 0.1) is 18.8 Å². The molecular formula is C33H42F3N3O5Si. The van der Waals surface area contributed by atoms with E-state index in [4.69, 9.17) is 9.16 Å². The van der Waals surface area contributed by atoms with Crippen molar-refractivity contribution in [3.8, 4) is 17.0 Å². The summed E-state index contributed by atoms with van der Waals surface area (Å²) in [5, 5.41) is 4.61. The summed E-state index contributed by atoms with van der Waals surface area (Å²) in [6, 6.07) is 16.6. The van der Waals surface area contributed by atoms with Crippen molar-refractivity contribution in [2.45, 2.75) is 77.6 Å². The Kier molecular flexibility index (Phi) is 11.1. The van der Waals surface area contributed by atoms with Gasteiger partial charge in [-0.25, -0.2) is 0 Å². The summed E-state index contributed by atoms with van der Waals surface area (Å²) < 4.78 is 55.5. The van der Waals surface area contributed by atoms with Crippen LogP contribution in [0, 0.1) is 5.92 Å². The second-order valence-electron chi connectivity index (χ2n) is 12.7. The Bertz CT molecular complexity index is 1530. The van der Waals surface area contributed by atoms with Gasteiger partial charge in [0.25, 0.3) is 11.5 Å². The Balaban J connectivity index is 1.98. The lowest BCUT2D eigenvalue weighted by molar-refractivity contribution is -0.210. The molecule has 0 fully saturated rings. The summed E-state index contributed by atoms with van der Waals surface area (Å²) >= 11 is 0. The Hall–Kier alpha value is -3.90. The second-order valence-corrected chi connectivity index (χ2v) is 17.5. The van der Waals surface area contributed by atoms with Crippen molar-refractivity contribution < 1.29 is 31.9 Å². The molecule has 2 N–H and O–H groups in total. The van der Waals surface area contributed by atoms with Crippen LogP contribution in [-0.4, -0.2) is 50.1 Å². The highest BCUT2D eigenvalue weighted by atomic mass is 28.4. The molecule has 0 aliphatic rings. The molecule has 2 atom stereocenters. The lowest BCUT2D eigenvalue weighted by Gasteiger charge is -2.42. The third kappa shape index (κ3) is 8.85. The number of alkyl halides is 3. The average Bonchev–Trinajstić information content (AvgIpc) is 2.96. The summed E-state index contributed by atoms with van der Waals surface area (Å²) in [5.41, 5.74) is 0.429. The molecule has 45 heavy (non-hydrogen) atoms. The van der Waals surface area contributed by atoms with Gasteiger partial charge >= 0.3 is 6.18 Å². The number of halogens is 3. The molecule has 0 spiro atoms. The molecule has 1 aromatic heterocycles. The number of aromatic nitrogens is 1. The van der Waals surface area contributed by atoms with Crippen molar-refractivity contribution in [3.63, 3.8) is 0 Å². The van der Waals surface area contributed by atoms with Crippen LogP contribution in [0.3, 0.4) is 0 Å². The summed E-state index contributed by atoms with van der Waals surface area (Å²) in [6.45, 7) is 11.5. The number of nitrogens with zero attached hydrogens (tertiary/aromatic N) is 1. The summed E-state index contributed by atoms with van der Waals surface area (Å²) in [4.78, 5) is 40.1. The highest BCUT2D eigenvalue weighted by Gasteiger charge is 2.52. The predicted molar refractivity (Wildman–Crippen MR) is 172 cm³/mol. The number of methoxy groups -OCH3 is 1. The van der Waals surface area contributed by atoms with E-state index in [9.17, 15) is 27.6 Å².